The van der Waals surface area contributed by atoms with Gasteiger partial charge in [0.2, 0.25) is 0 Å². The maximum absolute atomic E-state index is 12.2. The lowest BCUT2D eigenvalue weighted by molar-refractivity contribution is 0.210. The van der Waals surface area contributed by atoms with Gasteiger partial charge in [0.15, 0.2) is 0 Å². The second-order valence-electron chi connectivity index (χ2n) is 7.26. The molecule has 7 nitrogen and oxygen atoms in total. The number of fused-ring (bicyclic) bond motifs is 1. The number of aryl methyl sites for hydroxylation is 1. The molecule has 1 aliphatic rings. The molecule has 0 fully saturated rings. The molecular formula is C20H30N6O. The molecule has 2 N–H and O–H groups in total. The monoisotopic (exact) mass is 370 g/mol. The third-order valence-corrected chi connectivity index (χ3v) is 4.97. The van der Waals surface area contributed by atoms with Gasteiger partial charge in [-0.2, -0.15) is 5.10 Å². The highest BCUT2D eigenvalue weighted by atomic mass is 16.2. The van der Waals surface area contributed by atoms with Gasteiger partial charge >= 0.3 is 6.03 Å². The standard InChI is InChI=1S/C20H30N6O/c1-4-5-8-25-9-10-26-19(14-25)11-18(24-26)13-22-20(27)23-16(3)17-7-6-15(2)21-12-17/h6-7,11-12,16H,4-5,8-10,13-14H2,1-3H3,(H2,22,23,27)/t16-/m1/s1. The van der Waals surface area contributed by atoms with Crippen LogP contribution in [0.1, 0.15) is 55.4 Å². The van der Waals surface area contributed by atoms with Crippen LogP contribution in [0.2, 0.25) is 0 Å². The van der Waals surface area contributed by atoms with Crippen molar-refractivity contribution >= 4 is 6.03 Å². The maximum atomic E-state index is 12.2. The fraction of sp³-hybridized carbons (Fsp3) is 0.550. The highest BCUT2D eigenvalue weighted by Crippen LogP contribution is 2.14. The summed E-state index contributed by atoms with van der Waals surface area (Å²) >= 11 is 0. The average molecular weight is 371 g/mol. The van der Waals surface area contributed by atoms with E-state index in [2.05, 4.69) is 43.3 Å². The Bertz CT molecular complexity index is 754. The molecule has 2 aromatic heterocycles. The van der Waals surface area contributed by atoms with Crippen molar-refractivity contribution in [3.8, 4) is 0 Å². The zero-order valence-electron chi connectivity index (χ0n) is 16.5. The Hall–Kier alpha value is -2.41. The zero-order valence-corrected chi connectivity index (χ0v) is 16.5. The number of nitrogens with one attached hydrogen (secondary N) is 2. The molecule has 3 rings (SSSR count). The maximum Gasteiger partial charge on any atom is 0.315 e. The van der Waals surface area contributed by atoms with E-state index in [-0.39, 0.29) is 12.1 Å². The summed E-state index contributed by atoms with van der Waals surface area (Å²) in [5.74, 6) is 0. The van der Waals surface area contributed by atoms with Crippen LogP contribution in [0.5, 0.6) is 0 Å². The molecule has 0 aliphatic carbocycles. The Morgan fingerprint density at radius 1 is 1.33 bits per heavy atom. The predicted molar refractivity (Wildman–Crippen MR) is 105 cm³/mol. The molecule has 0 radical (unpaired) electrons. The minimum absolute atomic E-state index is 0.0968. The topological polar surface area (TPSA) is 75.1 Å². The highest BCUT2D eigenvalue weighted by Gasteiger charge is 2.18. The Balaban J connectivity index is 1.48. The first kappa shape index (κ1) is 19.4. The average Bonchev–Trinajstić information content (AvgIpc) is 3.07. The molecule has 1 aliphatic heterocycles. The third kappa shape index (κ3) is 5.29. The smallest absolute Gasteiger partial charge is 0.315 e. The predicted octanol–water partition coefficient (Wildman–Crippen LogP) is 2.76. The molecule has 146 valence electrons. The molecule has 2 amide bonds. The molecule has 0 bridgehead atoms. The van der Waals surface area contributed by atoms with E-state index in [0.717, 1.165) is 43.1 Å². The van der Waals surface area contributed by atoms with Gasteiger partial charge in [-0.1, -0.05) is 19.4 Å². The first-order chi connectivity index (χ1) is 13.0. The van der Waals surface area contributed by atoms with Crippen molar-refractivity contribution in [1.29, 1.82) is 0 Å². The van der Waals surface area contributed by atoms with Crippen LogP contribution in [0.3, 0.4) is 0 Å². The van der Waals surface area contributed by atoms with E-state index < -0.39 is 0 Å². The van der Waals surface area contributed by atoms with E-state index in [1.54, 1.807) is 6.20 Å². The second-order valence-corrected chi connectivity index (χ2v) is 7.26. The minimum atomic E-state index is -0.196. The van der Waals surface area contributed by atoms with Crippen LogP contribution in [0.15, 0.2) is 24.4 Å². The number of carbonyl (C=O) groups is 1. The van der Waals surface area contributed by atoms with Crippen LogP contribution in [-0.4, -0.2) is 38.8 Å². The van der Waals surface area contributed by atoms with Crippen LogP contribution < -0.4 is 10.6 Å². The first-order valence-corrected chi connectivity index (χ1v) is 9.80. The summed E-state index contributed by atoms with van der Waals surface area (Å²) in [6, 6.07) is 5.75. The molecule has 0 saturated carbocycles. The number of urea groups is 1. The van der Waals surface area contributed by atoms with Gasteiger partial charge in [-0.25, -0.2) is 4.79 Å². The minimum Gasteiger partial charge on any atom is -0.332 e. The van der Waals surface area contributed by atoms with E-state index in [1.165, 1.54) is 18.5 Å². The molecule has 0 spiro atoms. The summed E-state index contributed by atoms with van der Waals surface area (Å²) < 4.78 is 2.07. The van der Waals surface area contributed by atoms with Crippen molar-refractivity contribution in [2.75, 3.05) is 13.1 Å². The number of pyridine rings is 1. The lowest BCUT2D eigenvalue weighted by Gasteiger charge is -2.27. The molecule has 0 saturated heterocycles. The number of amides is 2. The number of rotatable bonds is 7. The van der Waals surface area contributed by atoms with Crippen LogP contribution in [0, 0.1) is 6.92 Å². The molecule has 1 atom stereocenters. The molecule has 27 heavy (non-hydrogen) atoms. The van der Waals surface area contributed by atoms with Crippen molar-refractivity contribution in [3.05, 3.63) is 47.0 Å². The summed E-state index contributed by atoms with van der Waals surface area (Å²) in [7, 11) is 0. The Labute approximate surface area is 161 Å². The third-order valence-electron chi connectivity index (χ3n) is 4.97. The van der Waals surface area contributed by atoms with Crippen molar-refractivity contribution in [2.24, 2.45) is 0 Å². The summed E-state index contributed by atoms with van der Waals surface area (Å²) in [4.78, 5) is 18.9. The second kappa shape index (κ2) is 8.99. The number of hydrogen-bond donors (Lipinski definition) is 2. The van der Waals surface area contributed by atoms with Gasteiger partial charge in [0.05, 0.1) is 30.5 Å². The largest absolute Gasteiger partial charge is 0.332 e. The van der Waals surface area contributed by atoms with E-state index in [1.807, 2.05) is 26.0 Å². The highest BCUT2D eigenvalue weighted by molar-refractivity contribution is 5.74. The summed E-state index contributed by atoms with van der Waals surface area (Å²) in [5.41, 5.74) is 4.09. The quantitative estimate of drug-likeness (QED) is 0.786. The van der Waals surface area contributed by atoms with Gasteiger partial charge < -0.3 is 10.6 Å². The van der Waals surface area contributed by atoms with E-state index >= 15 is 0 Å². The Kier molecular flexibility index (Phi) is 6.45. The molecule has 0 unspecified atom stereocenters. The summed E-state index contributed by atoms with van der Waals surface area (Å²) in [5, 5.41) is 10.5. The fourth-order valence-corrected chi connectivity index (χ4v) is 3.28. The SMILES string of the molecule is CCCCN1CCn2nc(CNC(=O)N[C@H](C)c3ccc(C)nc3)cc2C1. The van der Waals surface area contributed by atoms with Gasteiger partial charge in [0.1, 0.15) is 0 Å². The van der Waals surface area contributed by atoms with Crippen LogP contribution in [0.4, 0.5) is 4.79 Å². The normalized spacial score (nSPS) is 15.2. The number of unbranched alkanes of at least 4 members (excludes halogenated alkanes) is 1. The molecule has 3 heterocycles. The lowest BCUT2D eigenvalue weighted by Crippen LogP contribution is -2.36. The zero-order chi connectivity index (χ0) is 19.2. The Morgan fingerprint density at radius 3 is 2.93 bits per heavy atom. The molecular weight excluding hydrogens is 340 g/mol. The van der Waals surface area contributed by atoms with Gasteiger partial charge in [-0.15, -0.1) is 0 Å². The lowest BCUT2D eigenvalue weighted by atomic mass is 10.1. The van der Waals surface area contributed by atoms with Gasteiger partial charge in [-0.05, 0) is 44.5 Å². The van der Waals surface area contributed by atoms with Gasteiger partial charge in [0, 0.05) is 25.0 Å². The Morgan fingerprint density at radius 2 is 2.19 bits per heavy atom. The fourth-order valence-electron chi connectivity index (χ4n) is 3.28. The number of carbonyl (C=O) groups excluding carboxylic acids is 1. The van der Waals surface area contributed by atoms with Crippen molar-refractivity contribution in [2.45, 2.75) is 59.3 Å². The number of aromatic nitrogens is 3. The van der Waals surface area contributed by atoms with Crippen LogP contribution in [-0.2, 0) is 19.6 Å². The van der Waals surface area contributed by atoms with Gasteiger partial charge in [0.25, 0.3) is 0 Å². The molecule has 0 aromatic carbocycles. The van der Waals surface area contributed by atoms with E-state index in [0.29, 0.717) is 6.54 Å². The summed E-state index contributed by atoms with van der Waals surface area (Å²) in [6.45, 7) is 10.6. The number of nitrogens with zero attached hydrogens (tertiary/aromatic N) is 4. The first-order valence-electron chi connectivity index (χ1n) is 9.80. The van der Waals surface area contributed by atoms with E-state index in [4.69, 9.17) is 0 Å². The number of hydrogen-bond acceptors (Lipinski definition) is 4. The summed E-state index contributed by atoms with van der Waals surface area (Å²) in [6.07, 6.45) is 4.25. The van der Waals surface area contributed by atoms with Crippen molar-refractivity contribution < 1.29 is 4.79 Å². The van der Waals surface area contributed by atoms with Crippen LogP contribution >= 0.6 is 0 Å². The van der Waals surface area contributed by atoms with Gasteiger partial charge in [-0.3, -0.25) is 14.6 Å². The van der Waals surface area contributed by atoms with Crippen LogP contribution in [0.25, 0.3) is 0 Å². The van der Waals surface area contributed by atoms with E-state index in [9.17, 15) is 4.79 Å². The van der Waals surface area contributed by atoms with Crippen molar-refractivity contribution in [1.82, 2.24) is 30.3 Å². The molecule has 2 aromatic rings. The molecule has 7 heteroatoms. The van der Waals surface area contributed by atoms with Crippen molar-refractivity contribution in [3.63, 3.8) is 0 Å².